The van der Waals surface area contributed by atoms with Crippen molar-refractivity contribution in [2.45, 2.75) is 12.5 Å². The summed E-state index contributed by atoms with van der Waals surface area (Å²) in [6.45, 7) is 1.92. The monoisotopic (exact) mass is 236 g/mol. The summed E-state index contributed by atoms with van der Waals surface area (Å²) >= 11 is 0. The first-order chi connectivity index (χ1) is 5.18. The second-order valence-corrected chi connectivity index (χ2v) is 3.16. The number of aliphatic imine (C=N–C) groups is 1. The van der Waals surface area contributed by atoms with Crippen LogP contribution >= 0.6 is 17.0 Å². The number of guanidine groups is 1. The summed E-state index contributed by atoms with van der Waals surface area (Å²) in [4.78, 5) is 6.22. The van der Waals surface area contributed by atoms with Crippen LogP contribution in [0.3, 0.4) is 0 Å². The Bertz CT molecular complexity index is 157. The van der Waals surface area contributed by atoms with Gasteiger partial charge in [-0.3, -0.25) is 4.99 Å². The molecule has 0 aromatic carbocycles. The maximum absolute atomic E-state index is 5.46. The Morgan fingerprint density at radius 1 is 1.67 bits per heavy atom. The van der Waals surface area contributed by atoms with E-state index in [0.29, 0.717) is 12.0 Å². The third-order valence-electron chi connectivity index (χ3n) is 1.76. The van der Waals surface area contributed by atoms with Crippen LogP contribution in [-0.2, 0) is 0 Å². The van der Waals surface area contributed by atoms with Crippen LogP contribution in [0.2, 0.25) is 0 Å². The number of hydrogen-bond acceptors (Lipinski definition) is 4. The van der Waals surface area contributed by atoms with Crippen molar-refractivity contribution in [1.82, 2.24) is 10.2 Å². The average molecular weight is 237 g/mol. The Morgan fingerprint density at radius 3 is 2.75 bits per heavy atom. The molecule has 0 aromatic heterocycles. The molecular formula is C7H17BrN4. The molecule has 0 radical (unpaired) electrons. The van der Waals surface area contributed by atoms with Gasteiger partial charge in [0.15, 0.2) is 5.96 Å². The fourth-order valence-electron chi connectivity index (χ4n) is 1.09. The molecule has 0 saturated heterocycles. The normalized spacial score (nSPS) is 21.6. The van der Waals surface area contributed by atoms with Gasteiger partial charge in [0, 0.05) is 6.04 Å². The van der Waals surface area contributed by atoms with Gasteiger partial charge in [-0.25, -0.2) is 0 Å². The molecule has 0 spiro atoms. The molecular weight excluding hydrogens is 220 g/mol. The fourth-order valence-corrected chi connectivity index (χ4v) is 1.09. The van der Waals surface area contributed by atoms with Crippen molar-refractivity contribution in [2.24, 2.45) is 10.7 Å². The van der Waals surface area contributed by atoms with Crippen LogP contribution in [0.1, 0.15) is 6.42 Å². The SMILES string of the molecule is Br.CN(C)CC[C@H]1CN=C(N)N1. The van der Waals surface area contributed by atoms with E-state index in [9.17, 15) is 0 Å². The molecule has 0 saturated carbocycles. The molecule has 72 valence electrons. The molecule has 0 fully saturated rings. The summed E-state index contributed by atoms with van der Waals surface area (Å²) in [6, 6.07) is 0.456. The number of nitrogens with zero attached hydrogens (tertiary/aromatic N) is 2. The lowest BCUT2D eigenvalue weighted by Gasteiger charge is -2.13. The van der Waals surface area contributed by atoms with Crippen LogP contribution in [0.15, 0.2) is 4.99 Å². The van der Waals surface area contributed by atoms with E-state index in [2.05, 4.69) is 29.3 Å². The van der Waals surface area contributed by atoms with Crippen molar-refractivity contribution in [1.29, 1.82) is 0 Å². The van der Waals surface area contributed by atoms with Crippen molar-refractivity contribution in [3.63, 3.8) is 0 Å². The van der Waals surface area contributed by atoms with Gasteiger partial charge in [-0.15, -0.1) is 17.0 Å². The van der Waals surface area contributed by atoms with Gasteiger partial charge in [-0.1, -0.05) is 0 Å². The lowest BCUT2D eigenvalue weighted by Crippen LogP contribution is -2.36. The van der Waals surface area contributed by atoms with Crippen LogP contribution in [0, 0.1) is 0 Å². The summed E-state index contributed by atoms with van der Waals surface area (Å²) in [5.41, 5.74) is 5.46. The molecule has 5 heteroatoms. The Hall–Kier alpha value is -0.290. The Morgan fingerprint density at radius 2 is 2.33 bits per heavy atom. The summed E-state index contributed by atoms with van der Waals surface area (Å²) in [6.07, 6.45) is 1.11. The number of nitrogens with two attached hydrogens (primary N) is 1. The van der Waals surface area contributed by atoms with Crippen LogP contribution in [0.5, 0.6) is 0 Å². The molecule has 0 aromatic rings. The maximum Gasteiger partial charge on any atom is 0.188 e. The molecule has 4 nitrogen and oxygen atoms in total. The topological polar surface area (TPSA) is 53.6 Å². The van der Waals surface area contributed by atoms with Crippen molar-refractivity contribution in [3.05, 3.63) is 0 Å². The first-order valence-corrected chi connectivity index (χ1v) is 3.89. The number of halogens is 1. The second kappa shape index (κ2) is 5.37. The Labute approximate surface area is 84.0 Å². The highest BCUT2D eigenvalue weighted by Gasteiger charge is 2.14. The zero-order valence-corrected chi connectivity index (χ0v) is 9.29. The summed E-state index contributed by atoms with van der Waals surface area (Å²) in [7, 11) is 4.14. The second-order valence-electron chi connectivity index (χ2n) is 3.16. The molecule has 3 N–H and O–H groups in total. The summed E-state index contributed by atoms with van der Waals surface area (Å²) < 4.78 is 0. The van der Waals surface area contributed by atoms with E-state index < -0.39 is 0 Å². The zero-order valence-electron chi connectivity index (χ0n) is 7.58. The van der Waals surface area contributed by atoms with Crippen LogP contribution < -0.4 is 11.1 Å². The fraction of sp³-hybridized carbons (Fsp3) is 0.857. The van der Waals surface area contributed by atoms with Gasteiger partial charge in [0.1, 0.15) is 0 Å². The zero-order chi connectivity index (χ0) is 8.27. The molecule has 0 bridgehead atoms. The minimum atomic E-state index is 0. The molecule has 1 aliphatic rings. The smallest absolute Gasteiger partial charge is 0.188 e. The van der Waals surface area contributed by atoms with Gasteiger partial charge in [0.2, 0.25) is 0 Å². The van der Waals surface area contributed by atoms with E-state index in [4.69, 9.17) is 5.73 Å². The largest absolute Gasteiger partial charge is 0.370 e. The van der Waals surface area contributed by atoms with E-state index in [1.807, 2.05) is 0 Å². The lowest BCUT2D eigenvalue weighted by atomic mass is 10.2. The number of nitrogens with one attached hydrogen (secondary N) is 1. The van der Waals surface area contributed by atoms with Gasteiger partial charge in [-0.2, -0.15) is 0 Å². The Kier molecular flexibility index (Phi) is 5.24. The number of rotatable bonds is 3. The predicted octanol–water partition coefficient (Wildman–Crippen LogP) is -0.197. The standard InChI is InChI=1S/C7H16N4.BrH/c1-11(2)4-3-6-5-9-7(8)10-6;/h6H,3-5H2,1-2H3,(H3,8,9,10);1H/t6-;/m0./s1. The molecule has 0 aliphatic carbocycles. The van der Waals surface area contributed by atoms with E-state index in [1.54, 1.807) is 0 Å². The van der Waals surface area contributed by atoms with Gasteiger partial charge < -0.3 is 16.0 Å². The minimum absolute atomic E-state index is 0. The number of hydrogen-bond donors (Lipinski definition) is 2. The van der Waals surface area contributed by atoms with E-state index in [-0.39, 0.29) is 17.0 Å². The first-order valence-electron chi connectivity index (χ1n) is 3.89. The van der Waals surface area contributed by atoms with Crippen molar-refractivity contribution in [3.8, 4) is 0 Å². The molecule has 12 heavy (non-hydrogen) atoms. The van der Waals surface area contributed by atoms with Crippen LogP contribution in [0.4, 0.5) is 0 Å². The highest BCUT2D eigenvalue weighted by atomic mass is 79.9. The highest BCUT2D eigenvalue weighted by molar-refractivity contribution is 8.93. The van der Waals surface area contributed by atoms with Crippen molar-refractivity contribution < 1.29 is 0 Å². The quantitative estimate of drug-likeness (QED) is 0.715. The van der Waals surface area contributed by atoms with Crippen LogP contribution in [-0.4, -0.2) is 44.1 Å². The van der Waals surface area contributed by atoms with Gasteiger partial charge in [0.05, 0.1) is 6.54 Å². The third kappa shape index (κ3) is 3.92. The molecule has 1 rings (SSSR count). The Balaban J connectivity index is 0.00000121. The van der Waals surface area contributed by atoms with Crippen molar-refractivity contribution in [2.75, 3.05) is 27.2 Å². The van der Waals surface area contributed by atoms with Crippen molar-refractivity contribution >= 4 is 22.9 Å². The molecule has 0 unspecified atom stereocenters. The molecule has 1 atom stereocenters. The van der Waals surface area contributed by atoms with E-state index >= 15 is 0 Å². The third-order valence-corrected chi connectivity index (χ3v) is 1.76. The molecule has 1 heterocycles. The molecule has 1 aliphatic heterocycles. The summed E-state index contributed by atoms with van der Waals surface area (Å²) in [5.74, 6) is 0.591. The molecule has 0 amide bonds. The van der Waals surface area contributed by atoms with E-state index in [1.165, 1.54) is 0 Å². The predicted molar refractivity (Wildman–Crippen MR) is 56.9 cm³/mol. The van der Waals surface area contributed by atoms with E-state index in [0.717, 1.165) is 19.5 Å². The van der Waals surface area contributed by atoms with Crippen LogP contribution in [0.25, 0.3) is 0 Å². The van der Waals surface area contributed by atoms with Gasteiger partial charge >= 0.3 is 0 Å². The average Bonchev–Trinajstić information content (AvgIpc) is 2.31. The maximum atomic E-state index is 5.46. The van der Waals surface area contributed by atoms with Gasteiger partial charge in [0.25, 0.3) is 0 Å². The summed E-state index contributed by atoms with van der Waals surface area (Å²) in [5, 5.41) is 3.11. The highest BCUT2D eigenvalue weighted by Crippen LogP contribution is 1.98. The lowest BCUT2D eigenvalue weighted by molar-refractivity contribution is 0.378. The minimum Gasteiger partial charge on any atom is -0.370 e. The van der Waals surface area contributed by atoms with Gasteiger partial charge in [-0.05, 0) is 27.1 Å². The first kappa shape index (κ1) is 11.7.